The summed E-state index contributed by atoms with van der Waals surface area (Å²) in [6.07, 6.45) is 7.83. The lowest BCUT2D eigenvalue weighted by molar-refractivity contribution is 0.0620. The standard InChI is InChI=1S/C23H19Cl2N7O2/c24-18-8-20(25)26-9-15(18)6-16-12-33-30-23(29-16)22-19(10-27-21-11-28-31-32(21)22)34-17-3-1-2-14(7-17)13-4-5-13/h1-3,7-11,13,16H,4-6,12H2,(H,29,30). The number of nitrogens with one attached hydrogen (secondary N) is 1. The molecule has 0 bridgehead atoms. The van der Waals surface area contributed by atoms with Crippen LogP contribution in [0.15, 0.2) is 53.9 Å². The number of benzene rings is 1. The first-order chi connectivity index (χ1) is 16.6. The van der Waals surface area contributed by atoms with E-state index in [1.54, 1.807) is 29.2 Å². The second-order valence-corrected chi connectivity index (χ2v) is 9.07. The van der Waals surface area contributed by atoms with Crippen LogP contribution in [0, 0.1) is 0 Å². The largest absolute Gasteiger partial charge is 0.453 e. The monoisotopic (exact) mass is 495 g/mol. The van der Waals surface area contributed by atoms with E-state index >= 15 is 0 Å². The summed E-state index contributed by atoms with van der Waals surface area (Å²) in [6.45, 7) is 0.355. The van der Waals surface area contributed by atoms with Crippen LogP contribution < -0.4 is 10.2 Å². The van der Waals surface area contributed by atoms with Crippen LogP contribution >= 0.6 is 23.2 Å². The molecule has 2 aliphatic rings. The first-order valence-electron chi connectivity index (χ1n) is 10.9. The molecule has 9 nitrogen and oxygen atoms in total. The van der Waals surface area contributed by atoms with E-state index in [1.165, 1.54) is 18.4 Å². The Morgan fingerprint density at radius 1 is 1.12 bits per heavy atom. The van der Waals surface area contributed by atoms with Gasteiger partial charge < -0.3 is 4.74 Å². The number of fused-ring (bicyclic) bond motifs is 1. The van der Waals surface area contributed by atoms with Crippen LogP contribution in [-0.4, -0.2) is 43.3 Å². The second-order valence-electron chi connectivity index (χ2n) is 8.27. The maximum atomic E-state index is 6.34. The van der Waals surface area contributed by atoms with Crippen LogP contribution in [0.3, 0.4) is 0 Å². The maximum absolute atomic E-state index is 6.34. The van der Waals surface area contributed by atoms with Crippen LogP contribution in [0.1, 0.15) is 35.6 Å². The average Bonchev–Trinajstić information content (AvgIpc) is 3.59. The smallest absolute Gasteiger partial charge is 0.176 e. The molecule has 4 heterocycles. The van der Waals surface area contributed by atoms with Crippen molar-refractivity contribution < 1.29 is 9.57 Å². The molecule has 172 valence electrons. The highest BCUT2D eigenvalue weighted by Gasteiger charge is 2.26. The minimum absolute atomic E-state index is 0.213. The molecule has 1 unspecified atom stereocenters. The number of hydroxylamine groups is 1. The van der Waals surface area contributed by atoms with Gasteiger partial charge in [-0.2, -0.15) is 4.52 Å². The lowest BCUT2D eigenvalue weighted by Crippen LogP contribution is -2.38. The normalized spacial score (nSPS) is 17.9. The van der Waals surface area contributed by atoms with Gasteiger partial charge in [0.15, 0.2) is 22.9 Å². The zero-order valence-electron chi connectivity index (χ0n) is 17.9. The fourth-order valence-electron chi connectivity index (χ4n) is 3.94. The molecule has 1 atom stereocenters. The van der Waals surface area contributed by atoms with Crippen molar-refractivity contribution in [3.8, 4) is 11.5 Å². The predicted octanol–water partition coefficient (Wildman–Crippen LogP) is 4.39. The Morgan fingerprint density at radius 3 is 2.88 bits per heavy atom. The summed E-state index contributed by atoms with van der Waals surface area (Å²) >= 11 is 12.3. The van der Waals surface area contributed by atoms with Crippen molar-refractivity contribution >= 4 is 34.7 Å². The second kappa shape index (κ2) is 8.83. The molecule has 0 radical (unpaired) electrons. The molecule has 1 saturated carbocycles. The molecule has 1 fully saturated rings. The van der Waals surface area contributed by atoms with E-state index in [1.807, 2.05) is 12.1 Å². The highest BCUT2D eigenvalue weighted by Crippen LogP contribution is 2.41. The number of hydrogen-bond donors (Lipinski definition) is 1. The van der Waals surface area contributed by atoms with Crippen LogP contribution in [0.4, 0.5) is 0 Å². The van der Waals surface area contributed by atoms with Gasteiger partial charge in [0.25, 0.3) is 0 Å². The van der Waals surface area contributed by atoms with Gasteiger partial charge in [-0.3, -0.25) is 9.83 Å². The van der Waals surface area contributed by atoms with Crippen LogP contribution in [0.25, 0.3) is 5.65 Å². The summed E-state index contributed by atoms with van der Waals surface area (Å²) in [5.74, 6) is 2.28. The average molecular weight is 496 g/mol. The first kappa shape index (κ1) is 21.3. The molecule has 34 heavy (non-hydrogen) atoms. The van der Waals surface area contributed by atoms with Crippen LogP contribution in [0.5, 0.6) is 11.5 Å². The van der Waals surface area contributed by atoms with Gasteiger partial charge in [0.05, 0.1) is 25.0 Å². The summed E-state index contributed by atoms with van der Waals surface area (Å²) in [5.41, 5.74) is 6.14. The van der Waals surface area contributed by atoms with E-state index in [0.29, 0.717) is 52.0 Å². The molecule has 11 heteroatoms. The topological polar surface area (TPSA) is 98.8 Å². The van der Waals surface area contributed by atoms with Gasteiger partial charge in [0.1, 0.15) is 10.9 Å². The minimum atomic E-state index is -0.213. The number of aliphatic imine (C=N–C) groups is 1. The van der Waals surface area contributed by atoms with E-state index < -0.39 is 0 Å². The molecule has 4 aromatic rings. The fraction of sp³-hybridized carbons (Fsp3) is 0.261. The van der Waals surface area contributed by atoms with Crippen molar-refractivity contribution in [3.05, 3.63) is 75.9 Å². The number of ether oxygens (including phenoxy) is 1. The Bertz CT molecular complexity index is 1400. The molecule has 1 N–H and O–H groups in total. The number of rotatable bonds is 6. The van der Waals surface area contributed by atoms with Crippen LogP contribution in [-0.2, 0) is 11.3 Å². The molecule has 1 aliphatic heterocycles. The molecular formula is C23H19Cl2N7O2. The molecular weight excluding hydrogens is 477 g/mol. The van der Waals surface area contributed by atoms with E-state index in [9.17, 15) is 0 Å². The van der Waals surface area contributed by atoms with E-state index in [-0.39, 0.29) is 6.04 Å². The van der Waals surface area contributed by atoms with Crippen LogP contribution in [0.2, 0.25) is 10.2 Å². The molecule has 0 amide bonds. The van der Waals surface area contributed by atoms with Gasteiger partial charge >= 0.3 is 0 Å². The molecule has 1 aliphatic carbocycles. The van der Waals surface area contributed by atoms with Gasteiger partial charge in [-0.25, -0.2) is 15.4 Å². The Morgan fingerprint density at radius 2 is 2.03 bits per heavy atom. The SMILES string of the molecule is Clc1cc(Cl)c(CC2CONC(c3c(Oc4cccc(C5CC5)c4)cnc4cnnn34)=N2)cn1. The zero-order chi connectivity index (χ0) is 23.1. The number of aromatic nitrogens is 5. The molecule has 1 aromatic carbocycles. The third kappa shape index (κ3) is 4.29. The minimum Gasteiger partial charge on any atom is -0.453 e. The summed E-state index contributed by atoms with van der Waals surface area (Å²) < 4.78 is 7.85. The summed E-state index contributed by atoms with van der Waals surface area (Å²) in [7, 11) is 0. The summed E-state index contributed by atoms with van der Waals surface area (Å²) in [4.78, 5) is 19.1. The lowest BCUT2D eigenvalue weighted by atomic mass is 10.1. The Balaban J connectivity index is 1.36. The quantitative estimate of drug-likeness (QED) is 0.396. The van der Waals surface area contributed by atoms with Gasteiger partial charge in [0, 0.05) is 17.6 Å². The third-order valence-corrected chi connectivity index (χ3v) is 6.32. The van der Waals surface area contributed by atoms with Gasteiger partial charge in [-0.15, -0.1) is 5.10 Å². The molecule has 3 aromatic heterocycles. The van der Waals surface area contributed by atoms with E-state index in [0.717, 1.165) is 11.3 Å². The molecule has 6 rings (SSSR count). The van der Waals surface area contributed by atoms with Crippen molar-refractivity contribution in [2.24, 2.45) is 4.99 Å². The van der Waals surface area contributed by atoms with Gasteiger partial charge in [0.2, 0.25) is 0 Å². The van der Waals surface area contributed by atoms with Gasteiger partial charge in [-0.05, 0) is 48.1 Å². The Kier molecular flexibility index (Phi) is 5.52. The molecule has 0 saturated heterocycles. The number of amidine groups is 1. The maximum Gasteiger partial charge on any atom is 0.176 e. The summed E-state index contributed by atoms with van der Waals surface area (Å²) in [6, 6.07) is 9.53. The van der Waals surface area contributed by atoms with Gasteiger partial charge in [-0.1, -0.05) is 40.5 Å². The third-order valence-electron chi connectivity index (χ3n) is 5.76. The Hall–Kier alpha value is -3.27. The summed E-state index contributed by atoms with van der Waals surface area (Å²) in [5, 5.41) is 9.06. The first-order valence-corrected chi connectivity index (χ1v) is 11.6. The predicted molar refractivity (Wildman–Crippen MR) is 127 cm³/mol. The van der Waals surface area contributed by atoms with Crippen molar-refractivity contribution in [1.82, 2.24) is 30.3 Å². The number of hydrogen-bond acceptors (Lipinski definition) is 8. The Labute approximate surface area is 204 Å². The number of nitrogens with zero attached hydrogens (tertiary/aromatic N) is 6. The van der Waals surface area contributed by atoms with Crippen molar-refractivity contribution in [3.63, 3.8) is 0 Å². The van der Waals surface area contributed by atoms with E-state index in [2.05, 4.69) is 37.9 Å². The fourth-order valence-corrected chi connectivity index (χ4v) is 4.38. The molecule has 0 spiro atoms. The number of halogens is 2. The number of pyridine rings is 1. The van der Waals surface area contributed by atoms with E-state index in [4.69, 9.17) is 37.8 Å². The highest BCUT2D eigenvalue weighted by molar-refractivity contribution is 6.34. The zero-order valence-corrected chi connectivity index (χ0v) is 19.4. The van der Waals surface area contributed by atoms with Crippen molar-refractivity contribution in [2.45, 2.75) is 31.2 Å². The highest BCUT2D eigenvalue weighted by atomic mass is 35.5. The van der Waals surface area contributed by atoms with Crippen molar-refractivity contribution in [1.29, 1.82) is 0 Å². The van der Waals surface area contributed by atoms with Crippen molar-refractivity contribution in [2.75, 3.05) is 6.61 Å². The lowest BCUT2D eigenvalue weighted by Gasteiger charge is -2.23.